The van der Waals surface area contributed by atoms with Crippen molar-refractivity contribution in [1.29, 1.82) is 0 Å². The van der Waals surface area contributed by atoms with E-state index in [1.54, 1.807) is 6.26 Å². The first-order valence-electron chi connectivity index (χ1n) is 9.04. The number of rotatable bonds is 2. The van der Waals surface area contributed by atoms with Crippen LogP contribution in [0.2, 0.25) is 0 Å². The molecule has 2 aliphatic rings. The molecule has 1 N–H and O–H groups in total. The summed E-state index contributed by atoms with van der Waals surface area (Å²) in [6.07, 6.45) is 4.29. The van der Waals surface area contributed by atoms with Crippen LogP contribution >= 0.6 is 0 Å². The molecule has 0 radical (unpaired) electrons. The molecule has 2 heterocycles. The number of amides is 1. The summed E-state index contributed by atoms with van der Waals surface area (Å²) < 4.78 is 5.55. The maximum absolute atomic E-state index is 13.4. The topological polar surface area (TPSA) is 45.5 Å². The standard InChI is InChI=1S/C22H20N2O2/c25-21-19-9-3-4-10-20(19)23-22(24(21)15-18-8-5-13-26-18)12-11-16-6-1-2-7-17(16)14-22/h1-10,13,23H,11-12,14-15H2/t22-/m1/s1. The summed E-state index contributed by atoms with van der Waals surface area (Å²) in [6.45, 7) is 0.468. The van der Waals surface area contributed by atoms with E-state index in [4.69, 9.17) is 4.42 Å². The van der Waals surface area contributed by atoms with E-state index >= 15 is 0 Å². The average molecular weight is 344 g/mol. The van der Waals surface area contributed by atoms with Crippen LogP contribution in [0.1, 0.15) is 33.7 Å². The highest BCUT2D eigenvalue weighted by atomic mass is 16.3. The van der Waals surface area contributed by atoms with E-state index < -0.39 is 5.66 Å². The van der Waals surface area contributed by atoms with Crippen molar-refractivity contribution in [3.05, 3.63) is 89.4 Å². The lowest BCUT2D eigenvalue weighted by atomic mass is 9.80. The van der Waals surface area contributed by atoms with E-state index in [1.165, 1.54) is 11.1 Å². The molecule has 2 aromatic carbocycles. The second kappa shape index (κ2) is 5.77. The van der Waals surface area contributed by atoms with Gasteiger partial charge in [-0.2, -0.15) is 0 Å². The van der Waals surface area contributed by atoms with Gasteiger partial charge in [0.2, 0.25) is 0 Å². The Morgan fingerprint density at radius 2 is 1.81 bits per heavy atom. The molecule has 130 valence electrons. The first kappa shape index (κ1) is 15.3. The number of fused-ring (bicyclic) bond motifs is 2. The van der Waals surface area contributed by atoms with Crippen molar-refractivity contribution in [2.75, 3.05) is 5.32 Å². The van der Waals surface area contributed by atoms with Crippen LogP contribution in [0.5, 0.6) is 0 Å². The van der Waals surface area contributed by atoms with Crippen LogP contribution in [0, 0.1) is 0 Å². The first-order chi connectivity index (χ1) is 12.8. The van der Waals surface area contributed by atoms with Gasteiger partial charge in [0.15, 0.2) is 0 Å². The number of carbonyl (C=O) groups excluding carboxylic acids is 1. The molecule has 26 heavy (non-hydrogen) atoms. The zero-order chi connectivity index (χ0) is 17.6. The van der Waals surface area contributed by atoms with E-state index in [1.807, 2.05) is 41.3 Å². The Morgan fingerprint density at radius 3 is 2.65 bits per heavy atom. The van der Waals surface area contributed by atoms with Gasteiger partial charge in [0.25, 0.3) is 5.91 Å². The van der Waals surface area contributed by atoms with Gasteiger partial charge in [-0.15, -0.1) is 0 Å². The Hall–Kier alpha value is -3.01. The molecule has 1 atom stereocenters. The fourth-order valence-corrected chi connectivity index (χ4v) is 4.27. The minimum absolute atomic E-state index is 0.0649. The lowest BCUT2D eigenvalue weighted by Gasteiger charge is -2.50. The number of hydrogen-bond acceptors (Lipinski definition) is 3. The number of hydrogen-bond donors (Lipinski definition) is 1. The summed E-state index contributed by atoms with van der Waals surface area (Å²) in [5.41, 5.74) is 3.91. The second-order valence-corrected chi connectivity index (χ2v) is 7.12. The van der Waals surface area contributed by atoms with Gasteiger partial charge in [-0.25, -0.2) is 0 Å². The van der Waals surface area contributed by atoms with Crippen molar-refractivity contribution in [3.8, 4) is 0 Å². The minimum atomic E-state index is -0.424. The van der Waals surface area contributed by atoms with E-state index in [2.05, 4.69) is 29.6 Å². The van der Waals surface area contributed by atoms with Crippen LogP contribution in [0.4, 0.5) is 5.69 Å². The maximum atomic E-state index is 13.4. The fourth-order valence-electron chi connectivity index (χ4n) is 4.27. The first-order valence-corrected chi connectivity index (χ1v) is 9.04. The Kier molecular flexibility index (Phi) is 3.38. The predicted octanol–water partition coefficient (Wildman–Crippen LogP) is 4.23. The summed E-state index contributed by atoms with van der Waals surface area (Å²) in [4.78, 5) is 15.3. The number of furan rings is 1. The smallest absolute Gasteiger partial charge is 0.258 e. The summed E-state index contributed by atoms with van der Waals surface area (Å²) in [5.74, 6) is 0.868. The molecule has 1 aliphatic carbocycles. The largest absolute Gasteiger partial charge is 0.467 e. The van der Waals surface area contributed by atoms with Gasteiger partial charge in [0, 0.05) is 12.1 Å². The third-order valence-electron chi connectivity index (χ3n) is 5.59. The van der Waals surface area contributed by atoms with E-state index in [0.29, 0.717) is 6.54 Å². The second-order valence-electron chi connectivity index (χ2n) is 7.12. The predicted molar refractivity (Wildman–Crippen MR) is 99.8 cm³/mol. The molecular formula is C22H20N2O2. The van der Waals surface area contributed by atoms with Crippen molar-refractivity contribution < 1.29 is 9.21 Å². The van der Waals surface area contributed by atoms with Crippen molar-refractivity contribution >= 4 is 11.6 Å². The lowest BCUT2D eigenvalue weighted by molar-refractivity contribution is 0.0413. The third-order valence-corrected chi connectivity index (χ3v) is 5.59. The quantitative estimate of drug-likeness (QED) is 0.756. The number of nitrogens with zero attached hydrogens (tertiary/aromatic N) is 1. The molecule has 3 aromatic rings. The van der Waals surface area contributed by atoms with Crippen LogP contribution in [-0.2, 0) is 19.4 Å². The molecule has 4 heteroatoms. The molecule has 5 rings (SSSR count). The number of para-hydroxylation sites is 1. The zero-order valence-corrected chi connectivity index (χ0v) is 14.4. The maximum Gasteiger partial charge on any atom is 0.258 e. The Bertz CT molecular complexity index is 964. The molecule has 0 saturated heterocycles. The summed E-state index contributed by atoms with van der Waals surface area (Å²) >= 11 is 0. The van der Waals surface area contributed by atoms with Crippen molar-refractivity contribution in [2.24, 2.45) is 0 Å². The number of benzene rings is 2. The normalized spacial score (nSPS) is 21.2. The van der Waals surface area contributed by atoms with E-state index in [0.717, 1.165) is 36.3 Å². The van der Waals surface area contributed by atoms with E-state index in [9.17, 15) is 4.79 Å². The fraction of sp³-hybridized carbons (Fsp3) is 0.227. The Balaban J connectivity index is 1.60. The molecule has 1 spiro atoms. The molecule has 0 bridgehead atoms. The zero-order valence-electron chi connectivity index (χ0n) is 14.4. The van der Waals surface area contributed by atoms with Gasteiger partial charge in [0.1, 0.15) is 11.4 Å². The highest BCUT2D eigenvalue weighted by Crippen LogP contribution is 2.40. The Labute approximate surface area is 152 Å². The van der Waals surface area contributed by atoms with Gasteiger partial charge >= 0.3 is 0 Å². The number of anilines is 1. The molecule has 1 aliphatic heterocycles. The van der Waals surface area contributed by atoms with Crippen LogP contribution in [-0.4, -0.2) is 16.5 Å². The molecule has 1 amide bonds. The lowest BCUT2D eigenvalue weighted by Crippen LogP contribution is -2.62. The van der Waals surface area contributed by atoms with Gasteiger partial charge in [-0.05, 0) is 48.2 Å². The van der Waals surface area contributed by atoms with Crippen molar-refractivity contribution in [2.45, 2.75) is 31.5 Å². The Morgan fingerprint density at radius 1 is 1.00 bits per heavy atom. The molecular weight excluding hydrogens is 324 g/mol. The van der Waals surface area contributed by atoms with Gasteiger partial charge in [-0.1, -0.05) is 36.4 Å². The van der Waals surface area contributed by atoms with Gasteiger partial charge in [0.05, 0.1) is 18.4 Å². The summed E-state index contributed by atoms with van der Waals surface area (Å²) in [5, 5.41) is 3.71. The highest BCUT2D eigenvalue weighted by molar-refractivity contribution is 6.02. The SMILES string of the molecule is O=C1c2ccccc2N[C@]2(CCc3ccccc3C2)N1Cc1ccco1. The van der Waals surface area contributed by atoms with Crippen molar-refractivity contribution in [3.63, 3.8) is 0 Å². The van der Waals surface area contributed by atoms with E-state index in [-0.39, 0.29) is 5.91 Å². The number of carbonyl (C=O) groups is 1. The van der Waals surface area contributed by atoms with Crippen LogP contribution in [0.3, 0.4) is 0 Å². The monoisotopic (exact) mass is 344 g/mol. The number of aryl methyl sites for hydroxylation is 1. The van der Waals surface area contributed by atoms with Crippen LogP contribution in [0.25, 0.3) is 0 Å². The van der Waals surface area contributed by atoms with Crippen molar-refractivity contribution in [1.82, 2.24) is 4.90 Å². The van der Waals surface area contributed by atoms with Crippen LogP contribution < -0.4 is 5.32 Å². The molecule has 0 unspecified atom stereocenters. The number of nitrogens with one attached hydrogen (secondary N) is 1. The molecule has 1 aromatic heterocycles. The van der Waals surface area contributed by atoms with Gasteiger partial charge < -0.3 is 14.6 Å². The summed E-state index contributed by atoms with van der Waals surface area (Å²) in [6, 6.07) is 20.1. The highest BCUT2D eigenvalue weighted by Gasteiger charge is 2.46. The molecule has 4 nitrogen and oxygen atoms in total. The molecule has 0 fully saturated rings. The molecule has 0 saturated carbocycles. The summed E-state index contributed by atoms with van der Waals surface area (Å²) in [7, 11) is 0. The average Bonchev–Trinajstić information content (AvgIpc) is 3.18. The third kappa shape index (κ3) is 2.33. The van der Waals surface area contributed by atoms with Crippen LogP contribution in [0.15, 0.2) is 71.3 Å². The van der Waals surface area contributed by atoms with Gasteiger partial charge in [-0.3, -0.25) is 4.79 Å². The minimum Gasteiger partial charge on any atom is -0.467 e.